The topological polar surface area (TPSA) is 33.7 Å². The molecule has 4 nitrogen and oxygen atoms in total. The van der Waals surface area contributed by atoms with Gasteiger partial charge in [-0.25, -0.2) is 0 Å². The molecule has 18 heavy (non-hydrogen) atoms. The van der Waals surface area contributed by atoms with Gasteiger partial charge in [-0.2, -0.15) is 0 Å². The van der Waals surface area contributed by atoms with E-state index in [9.17, 15) is 0 Å². The summed E-state index contributed by atoms with van der Waals surface area (Å²) in [6.07, 6.45) is 1.07. The summed E-state index contributed by atoms with van der Waals surface area (Å²) >= 11 is 0. The van der Waals surface area contributed by atoms with Crippen LogP contribution in [0.1, 0.15) is 27.2 Å². The maximum atomic E-state index is 5.19. The van der Waals surface area contributed by atoms with Gasteiger partial charge in [0.2, 0.25) is 0 Å². The molecule has 1 unspecified atom stereocenters. The molecule has 0 aliphatic rings. The lowest BCUT2D eigenvalue weighted by Gasteiger charge is -2.35. The van der Waals surface area contributed by atoms with Crippen LogP contribution in [0.2, 0.25) is 0 Å². The van der Waals surface area contributed by atoms with E-state index < -0.39 is 0 Å². The Labute approximate surface area is 113 Å². The highest BCUT2D eigenvalue weighted by Crippen LogP contribution is 2.19. The van der Waals surface area contributed by atoms with Crippen molar-refractivity contribution in [1.29, 1.82) is 0 Å². The molecule has 0 radical (unpaired) electrons. The molecule has 0 aliphatic carbocycles. The molecule has 0 aromatic rings. The summed E-state index contributed by atoms with van der Waals surface area (Å²) in [5.74, 6) is 0. The molecule has 0 amide bonds. The van der Waals surface area contributed by atoms with Gasteiger partial charge in [-0.3, -0.25) is 4.90 Å². The molecular formula is C14H32N2O2. The molecular weight excluding hydrogens is 228 g/mol. The Morgan fingerprint density at radius 3 is 2.11 bits per heavy atom. The highest BCUT2D eigenvalue weighted by molar-refractivity contribution is 4.82. The summed E-state index contributed by atoms with van der Waals surface area (Å²) in [4.78, 5) is 2.45. The van der Waals surface area contributed by atoms with Crippen molar-refractivity contribution >= 4 is 0 Å². The Hall–Kier alpha value is -0.160. The number of methoxy groups -OCH3 is 2. The third kappa shape index (κ3) is 8.03. The van der Waals surface area contributed by atoms with Gasteiger partial charge in [0.25, 0.3) is 0 Å². The Kier molecular flexibility index (Phi) is 9.64. The largest absolute Gasteiger partial charge is 0.385 e. The van der Waals surface area contributed by atoms with Gasteiger partial charge in [-0.05, 0) is 18.9 Å². The first kappa shape index (κ1) is 17.8. The zero-order valence-electron chi connectivity index (χ0n) is 13.1. The van der Waals surface area contributed by atoms with E-state index in [0.717, 1.165) is 39.3 Å². The minimum absolute atomic E-state index is 0.265. The van der Waals surface area contributed by atoms with Gasteiger partial charge < -0.3 is 14.8 Å². The SMILES string of the molecule is CNC(CN(CCCOC)CCOC)C(C)(C)C. The summed E-state index contributed by atoms with van der Waals surface area (Å²) in [5, 5.41) is 3.43. The van der Waals surface area contributed by atoms with E-state index in [2.05, 4.69) is 31.0 Å². The number of hydrogen-bond donors (Lipinski definition) is 1. The quantitative estimate of drug-likeness (QED) is 0.605. The van der Waals surface area contributed by atoms with E-state index in [1.165, 1.54) is 0 Å². The molecule has 0 fully saturated rings. The number of rotatable bonds is 10. The molecule has 0 rings (SSSR count). The Morgan fingerprint density at radius 2 is 1.67 bits per heavy atom. The first-order valence-electron chi connectivity index (χ1n) is 6.83. The van der Waals surface area contributed by atoms with Crippen LogP contribution in [0, 0.1) is 5.41 Å². The predicted octanol–water partition coefficient (Wildman–Crippen LogP) is 1.61. The third-order valence-corrected chi connectivity index (χ3v) is 3.27. The van der Waals surface area contributed by atoms with Crippen LogP contribution < -0.4 is 5.32 Å². The molecule has 110 valence electrons. The highest BCUT2D eigenvalue weighted by Gasteiger charge is 2.24. The van der Waals surface area contributed by atoms with Crippen LogP contribution in [-0.4, -0.2) is 65.1 Å². The Bertz CT molecular complexity index is 193. The maximum Gasteiger partial charge on any atom is 0.0589 e. The number of ether oxygens (including phenoxy) is 2. The summed E-state index contributed by atoms with van der Waals surface area (Å²) < 4.78 is 10.3. The van der Waals surface area contributed by atoms with Gasteiger partial charge in [0.05, 0.1) is 6.61 Å². The van der Waals surface area contributed by atoms with E-state index in [1.807, 2.05) is 7.05 Å². The fourth-order valence-electron chi connectivity index (χ4n) is 2.00. The molecule has 4 heteroatoms. The average molecular weight is 260 g/mol. The van der Waals surface area contributed by atoms with Crippen LogP contribution in [0.25, 0.3) is 0 Å². The number of hydrogen-bond acceptors (Lipinski definition) is 4. The van der Waals surface area contributed by atoms with Gasteiger partial charge in [-0.15, -0.1) is 0 Å². The van der Waals surface area contributed by atoms with Gasteiger partial charge in [0.15, 0.2) is 0 Å². The first-order chi connectivity index (χ1) is 8.45. The standard InChI is InChI=1S/C14H32N2O2/c1-14(2,3)13(15-4)12-16(9-11-18-6)8-7-10-17-5/h13,15H,7-12H2,1-6H3. The van der Waals surface area contributed by atoms with Crippen molar-refractivity contribution in [3.63, 3.8) is 0 Å². The predicted molar refractivity (Wildman–Crippen MR) is 77.1 cm³/mol. The van der Waals surface area contributed by atoms with Crippen LogP contribution in [0.15, 0.2) is 0 Å². The number of nitrogens with zero attached hydrogens (tertiary/aromatic N) is 1. The fraction of sp³-hybridized carbons (Fsp3) is 1.00. The van der Waals surface area contributed by atoms with Crippen molar-refractivity contribution in [1.82, 2.24) is 10.2 Å². The number of nitrogens with one attached hydrogen (secondary N) is 1. The van der Waals surface area contributed by atoms with Gasteiger partial charge >= 0.3 is 0 Å². The molecule has 0 saturated heterocycles. The molecule has 0 aliphatic heterocycles. The van der Waals surface area contributed by atoms with Crippen molar-refractivity contribution < 1.29 is 9.47 Å². The second kappa shape index (κ2) is 9.73. The molecule has 0 saturated carbocycles. The van der Waals surface area contributed by atoms with Crippen LogP contribution >= 0.6 is 0 Å². The third-order valence-electron chi connectivity index (χ3n) is 3.27. The second-order valence-electron chi connectivity index (χ2n) is 5.85. The van der Waals surface area contributed by atoms with E-state index >= 15 is 0 Å². The van der Waals surface area contributed by atoms with Crippen LogP contribution in [0.3, 0.4) is 0 Å². The zero-order chi connectivity index (χ0) is 14.0. The second-order valence-corrected chi connectivity index (χ2v) is 5.85. The lowest BCUT2D eigenvalue weighted by atomic mass is 9.86. The van der Waals surface area contributed by atoms with E-state index in [-0.39, 0.29) is 5.41 Å². The van der Waals surface area contributed by atoms with Gasteiger partial charge in [0, 0.05) is 46.5 Å². The number of likely N-dealkylation sites (N-methyl/N-ethyl adjacent to an activating group) is 1. The van der Waals surface area contributed by atoms with Crippen molar-refractivity contribution in [3.05, 3.63) is 0 Å². The minimum atomic E-state index is 0.265. The fourth-order valence-corrected chi connectivity index (χ4v) is 2.00. The van der Waals surface area contributed by atoms with Crippen molar-refractivity contribution in [2.45, 2.75) is 33.2 Å². The normalized spacial score (nSPS) is 14.2. The van der Waals surface area contributed by atoms with E-state index in [4.69, 9.17) is 9.47 Å². The Balaban J connectivity index is 4.26. The Morgan fingerprint density at radius 1 is 1.06 bits per heavy atom. The molecule has 0 aromatic heterocycles. The molecule has 0 spiro atoms. The summed E-state index contributed by atoms with van der Waals surface area (Å²) in [5.41, 5.74) is 0.265. The first-order valence-corrected chi connectivity index (χ1v) is 6.83. The van der Waals surface area contributed by atoms with Crippen LogP contribution in [-0.2, 0) is 9.47 Å². The summed E-state index contributed by atoms with van der Waals surface area (Å²) in [7, 11) is 5.55. The maximum absolute atomic E-state index is 5.19. The lowest BCUT2D eigenvalue weighted by Crippen LogP contribution is -2.48. The highest BCUT2D eigenvalue weighted by atomic mass is 16.5. The minimum Gasteiger partial charge on any atom is -0.385 e. The van der Waals surface area contributed by atoms with Crippen molar-refractivity contribution in [2.75, 3.05) is 54.1 Å². The van der Waals surface area contributed by atoms with Gasteiger partial charge in [-0.1, -0.05) is 20.8 Å². The van der Waals surface area contributed by atoms with Crippen molar-refractivity contribution in [3.8, 4) is 0 Å². The summed E-state index contributed by atoms with van der Waals surface area (Å²) in [6, 6.07) is 0.483. The van der Waals surface area contributed by atoms with E-state index in [0.29, 0.717) is 6.04 Å². The molecule has 1 N–H and O–H groups in total. The average Bonchev–Trinajstić information content (AvgIpc) is 2.30. The van der Waals surface area contributed by atoms with Gasteiger partial charge in [0.1, 0.15) is 0 Å². The molecule has 0 heterocycles. The molecule has 1 atom stereocenters. The molecule has 0 aromatic carbocycles. The monoisotopic (exact) mass is 260 g/mol. The van der Waals surface area contributed by atoms with Crippen molar-refractivity contribution in [2.24, 2.45) is 5.41 Å². The zero-order valence-corrected chi connectivity index (χ0v) is 13.1. The van der Waals surface area contributed by atoms with Crippen LogP contribution in [0.5, 0.6) is 0 Å². The molecule has 0 bridgehead atoms. The smallest absolute Gasteiger partial charge is 0.0589 e. The van der Waals surface area contributed by atoms with Crippen LogP contribution in [0.4, 0.5) is 0 Å². The lowest BCUT2D eigenvalue weighted by molar-refractivity contribution is 0.112. The van der Waals surface area contributed by atoms with E-state index in [1.54, 1.807) is 14.2 Å². The summed E-state index contributed by atoms with van der Waals surface area (Å²) in [6.45, 7) is 11.5.